The van der Waals surface area contributed by atoms with Crippen molar-refractivity contribution in [2.75, 3.05) is 12.4 Å². The number of nitrogens with two attached hydrogens (primary N) is 1. The van der Waals surface area contributed by atoms with Gasteiger partial charge in [-0.1, -0.05) is 0 Å². The minimum Gasteiger partial charge on any atom is -0.508 e. The van der Waals surface area contributed by atoms with Gasteiger partial charge in [0.25, 0.3) is 5.91 Å². The van der Waals surface area contributed by atoms with Gasteiger partial charge in [-0.15, -0.1) is 0 Å². The van der Waals surface area contributed by atoms with Crippen molar-refractivity contribution in [2.45, 2.75) is 25.8 Å². The van der Waals surface area contributed by atoms with Crippen molar-refractivity contribution in [2.24, 2.45) is 10.7 Å². The number of carbonyl (C=O) groups is 2. The highest BCUT2D eigenvalue weighted by molar-refractivity contribution is 6.06. The quantitative estimate of drug-likeness (QED) is 0.596. The van der Waals surface area contributed by atoms with Gasteiger partial charge in [0.1, 0.15) is 17.1 Å². The summed E-state index contributed by atoms with van der Waals surface area (Å²) in [6, 6.07) is 8.61. The summed E-state index contributed by atoms with van der Waals surface area (Å²) in [7, 11) is 1.50. The summed E-state index contributed by atoms with van der Waals surface area (Å²) < 4.78 is 20.3. The van der Waals surface area contributed by atoms with E-state index in [0.29, 0.717) is 22.2 Å². The first-order chi connectivity index (χ1) is 14.6. The predicted molar refractivity (Wildman–Crippen MR) is 113 cm³/mol. The van der Waals surface area contributed by atoms with E-state index >= 15 is 0 Å². The minimum absolute atomic E-state index is 0.00579. The molecule has 1 aliphatic rings. The van der Waals surface area contributed by atoms with Crippen LogP contribution in [-0.2, 0) is 10.3 Å². The molecule has 8 nitrogen and oxygen atoms in total. The number of fused-ring (bicyclic) bond motifs is 1. The van der Waals surface area contributed by atoms with Crippen LogP contribution < -0.4 is 11.1 Å². The van der Waals surface area contributed by atoms with Crippen LogP contribution in [0.15, 0.2) is 45.8 Å². The highest BCUT2D eigenvalue weighted by Gasteiger charge is 2.38. The van der Waals surface area contributed by atoms with E-state index in [0.717, 1.165) is 0 Å². The molecule has 0 bridgehead atoms. The molecule has 1 atom stereocenters. The normalized spacial score (nSPS) is 18.9. The molecule has 1 unspecified atom stereocenters. The standard InChI is InChI=1S/C22H21FN4O4/c1-11-14-9-13(28)5-7-17(14)31-19(11)20(30)25-12-4-6-16(23)15(8-12)22(2)10-18(29)27(3)21(24)26-22/h4-9,28H,10H2,1-3H3,(H2,24,26)(H,25,30). The fourth-order valence-electron chi connectivity index (χ4n) is 3.69. The van der Waals surface area contributed by atoms with E-state index in [-0.39, 0.29) is 35.4 Å². The number of anilines is 1. The Kier molecular flexibility index (Phi) is 4.68. The number of aliphatic imine (C=N–C) groups is 1. The van der Waals surface area contributed by atoms with Crippen LogP contribution in [0.1, 0.15) is 35.0 Å². The summed E-state index contributed by atoms with van der Waals surface area (Å²) in [5, 5.41) is 13.0. The average Bonchev–Trinajstić information content (AvgIpc) is 3.03. The number of guanidine groups is 1. The molecule has 0 saturated carbocycles. The molecule has 0 saturated heterocycles. The molecule has 3 aromatic rings. The van der Waals surface area contributed by atoms with Crippen LogP contribution in [0.2, 0.25) is 0 Å². The number of benzene rings is 2. The number of phenols is 1. The lowest BCUT2D eigenvalue weighted by Crippen LogP contribution is -2.47. The lowest BCUT2D eigenvalue weighted by Gasteiger charge is -2.34. The second-order valence-corrected chi connectivity index (χ2v) is 7.76. The maximum absolute atomic E-state index is 14.7. The molecule has 0 spiro atoms. The largest absolute Gasteiger partial charge is 0.508 e. The second-order valence-electron chi connectivity index (χ2n) is 7.76. The van der Waals surface area contributed by atoms with Crippen molar-refractivity contribution in [1.29, 1.82) is 0 Å². The van der Waals surface area contributed by atoms with E-state index in [2.05, 4.69) is 10.3 Å². The van der Waals surface area contributed by atoms with E-state index in [9.17, 15) is 19.1 Å². The fourth-order valence-corrected chi connectivity index (χ4v) is 3.69. The molecule has 2 amide bonds. The average molecular weight is 424 g/mol. The van der Waals surface area contributed by atoms with Crippen LogP contribution >= 0.6 is 0 Å². The predicted octanol–water partition coefficient (Wildman–Crippen LogP) is 3.23. The number of nitrogens with one attached hydrogen (secondary N) is 1. The number of halogens is 1. The Hall–Kier alpha value is -3.88. The van der Waals surface area contributed by atoms with E-state index in [1.165, 1.54) is 42.3 Å². The highest BCUT2D eigenvalue weighted by atomic mass is 19.1. The van der Waals surface area contributed by atoms with Gasteiger partial charge in [-0.3, -0.25) is 14.5 Å². The van der Waals surface area contributed by atoms with Gasteiger partial charge in [0.2, 0.25) is 5.91 Å². The van der Waals surface area contributed by atoms with Gasteiger partial charge in [-0.05, 0) is 50.2 Å². The molecule has 2 aromatic carbocycles. The number of rotatable bonds is 3. The van der Waals surface area contributed by atoms with Crippen molar-refractivity contribution in [3.05, 3.63) is 59.1 Å². The Balaban J connectivity index is 1.67. The minimum atomic E-state index is -1.20. The van der Waals surface area contributed by atoms with Gasteiger partial charge in [-0.25, -0.2) is 9.38 Å². The molecule has 4 rings (SSSR count). The van der Waals surface area contributed by atoms with Crippen molar-refractivity contribution >= 4 is 34.4 Å². The molecule has 0 fully saturated rings. The Bertz CT molecular complexity index is 1270. The van der Waals surface area contributed by atoms with E-state index in [1.807, 2.05) is 0 Å². The van der Waals surface area contributed by atoms with Gasteiger partial charge >= 0.3 is 0 Å². The van der Waals surface area contributed by atoms with Crippen LogP contribution in [-0.4, -0.2) is 34.8 Å². The highest BCUT2D eigenvalue weighted by Crippen LogP contribution is 2.36. The Morgan fingerprint density at radius 1 is 1.32 bits per heavy atom. The molecule has 4 N–H and O–H groups in total. The molecular formula is C22H21FN4O4. The molecule has 31 heavy (non-hydrogen) atoms. The number of nitrogens with zero attached hydrogens (tertiary/aromatic N) is 2. The number of aryl methyl sites for hydroxylation is 1. The number of carbonyl (C=O) groups excluding carboxylic acids is 2. The summed E-state index contributed by atoms with van der Waals surface area (Å²) in [6.07, 6.45) is -0.0648. The van der Waals surface area contributed by atoms with Crippen molar-refractivity contribution in [3.63, 3.8) is 0 Å². The molecule has 0 aliphatic carbocycles. The third kappa shape index (κ3) is 3.48. The number of furan rings is 1. The third-order valence-electron chi connectivity index (χ3n) is 5.50. The fraction of sp³-hybridized carbons (Fsp3) is 0.227. The summed E-state index contributed by atoms with van der Waals surface area (Å²) >= 11 is 0. The van der Waals surface area contributed by atoms with Crippen molar-refractivity contribution in [1.82, 2.24) is 4.90 Å². The molecule has 0 radical (unpaired) electrons. The number of amides is 2. The maximum Gasteiger partial charge on any atom is 0.291 e. The lowest BCUT2D eigenvalue weighted by atomic mass is 9.87. The van der Waals surface area contributed by atoms with Crippen molar-refractivity contribution in [3.8, 4) is 5.75 Å². The first-order valence-electron chi connectivity index (χ1n) is 9.54. The van der Waals surface area contributed by atoms with Crippen LogP contribution in [0, 0.1) is 12.7 Å². The number of aromatic hydroxyl groups is 1. The number of phenolic OH excluding ortho intramolecular Hbond substituents is 1. The van der Waals surface area contributed by atoms with Gasteiger partial charge in [-0.2, -0.15) is 0 Å². The SMILES string of the molecule is Cc1c(C(=O)Nc2ccc(F)c(C3(C)CC(=O)N(C)C(N)=N3)c2)oc2ccc(O)cc12. The molecule has 1 aromatic heterocycles. The first-order valence-corrected chi connectivity index (χ1v) is 9.54. The summed E-state index contributed by atoms with van der Waals surface area (Å²) in [5.41, 5.74) is 6.10. The van der Waals surface area contributed by atoms with Gasteiger partial charge in [0.15, 0.2) is 11.7 Å². The van der Waals surface area contributed by atoms with E-state index in [4.69, 9.17) is 10.2 Å². The molecule has 160 valence electrons. The zero-order chi connectivity index (χ0) is 22.5. The topological polar surface area (TPSA) is 121 Å². The Morgan fingerprint density at radius 2 is 2.06 bits per heavy atom. The van der Waals surface area contributed by atoms with Crippen LogP contribution in [0.5, 0.6) is 5.75 Å². The summed E-state index contributed by atoms with van der Waals surface area (Å²) in [4.78, 5) is 30.6. The smallest absolute Gasteiger partial charge is 0.291 e. The summed E-state index contributed by atoms with van der Waals surface area (Å²) in [5.74, 6) is -1.25. The van der Waals surface area contributed by atoms with Crippen LogP contribution in [0.4, 0.5) is 10.1 Å². The Morgan fingerprint density at radius 3 is 2.77 bits per heavy atom. The number of hydrogen-bond donors (Lipinski definition) is 3. The molecule has 1 aliphatic heterocycles. The third-order valence-corrected chi connectivity index (χ3v) is 5.50. The number of hydrogen-bond acceptors (Lipinski definition) is 6. The van der Waals surface area contributed by atoms with Crippen molar-refractivity contribution < 1.29 is 23.5 Å². The van der Waals surface area contributed by atoms with Gasteiger partial charge in [0.05, 0.1) is 12.0 Å². The zero-order valence-corrected chi connectivity index (χ0v) is 17.2. The summed E-state index contributed by atoms with van der Waals surface area (Å²) in [6.45, 7) is 3.32. The first kappa shape index (κ1) is 20.4. The second kappa shape index (κ2) is 7.12. The van der Waals surface area contributed by atoms with E-state index < -0.39 is 17.3 Å². The molecular weight excluding hydrogens is 403 g/mol. The zero-order valence-electron chi connectivity index (χ0n) is 17.2. The Labute approximate surface area is 177 Å². The van der Waals surface area contributed by atoms with Gasteiger partial charge in [0, 0.05) is 29.2 Å². The van der Waals surface area contributed by atoms with Gasteiger partial charge < -0.3 is 20.6 Å². The van der Waals surface area contributed by atoms with E-state index in [1.54, 1.807) is 19.9 Å². The van der Waals surface area contributed by atoms with Crippen LogP contribution in [0.25, 0.3) is 11.0 Å². The molecule has 9 heteroatoms. The monoisotopic (exact) mass is 424 g/mol. The lowest BCUT2D eigenvalue weighted by molar-refractivity contribution is -0.128. The molecule has 2 heterocycles. The maximum atomic E-state index is 14.7. The van der Waals surface area contributed by atoms with Crippen LogP contribution in [0.3, 0.4) is 0 Å².